The maximum Gasteiger partial charge on any atom is 0.152 e. The molecule has 0 radical (unpaired) electrons. The molecule has 0 aromatic rings. The van der Waals surface area contributed by atoms with Crippen LogP contribution in [-0.4, -0.2) is 36.1 Å². The number of carbonyl (C=O) groups excluding carboxylic acids is 2. The molecule has 0 aliphatic rings. The smallest absolute Gasteiger partial charge is 0.152 e. The summed E-state index contributed by atoms with van der Waals surface area (Å²) in [7, 11) is 0. The van der Waals surface area contributed by atoms with E-state index in [-0.39, 0.29) is 17.7 Å². The van der Waals surface area contributed by atoms with E-state index < -0.39 is 0 Å². The average molecular weight is 199 g/mol. The zero-order chi connectivity index (χ0) is 11.1. The lowest BCUT2D eigenvalue weighted by molar-refractivity contribution is -0.129. The Morgan fingerprint density at radius 3 is 2.07 bits per heavy atom. The summed E-state index contributed by atoms with van der Waals surface area (Å²) >= 11 is 0. The van der Waals surface area contributed by atoms with Crippen LogP contribution in [0.1, 0.15) is 34.1 Å². The zero-order valence-corrected chi connectivity index (χ0v) is 9.62. The van der Waals surface area contributed by atoms with E-state index in [1.54, 1.807) is 0 Å². The second kappa shape index (κ2) is 6.71. The van der Waals surface area contributed by atoms with Crippen molar-refractivity contribution in [3.05, 3.63) is 0 Å². The van der Waals surface area contributed by atoms with Crippen molar-refractivity contribution in [1.29, 1.82) is 0 Å². The highest BCUT2D eigenvalue weighted by atomic mass is 16.1. The minimum Gasteiger partial charge on any atom is -0.303 e. The fraction of sp³-hybridized carbons (Fsp3) is 0.818. The molecule has 1 atom stereocenters. The molecule has 0 N–H and O–H groups in total. The van der Waals surface area contributed by atoms with E-state index in [1.807, 2.05) is 32.6 Å². The first-order chi connectivity index (χ1) is 6.58. The minimum absolute atomic E-state index is 0.000509. The van der Waals surface area contributed by atoms with Gasteiger partial charge < -0.3 is 4.79 Å². The molecule has 3 heteroatoms. The van der Waals surface area contributed by atoms with E-state index in [4.69, 9.17) is 0 Å². The molecular formula is C11H21NO2. The molecule has 82 valence electrons. The minimum atomic E-state index is -0.220. The Balaban J connectivity index is 4.55. The first kappa shape index (κ1) is 13.3. The molecule has 14 heavy (non-hydrogen) atoms. The van der Waals surface area contributed by atoms with Crippen LogP contribution in [0.3, 0.4) is 0 Å². The Labute approximate surface area is 86.5 Å². The number of ketones is 1. The van der Waals surface area contributed by atoms with Crippen molar-refractivity contribution in [3.63, 3.8) is 0 Å². The summed E-state index contributed by atoms with van der Waals surface area (Å²) < 4.78 is 0. The van der Waals surface area contributed by atoms with E-state index in [0.717, 1.165) is 19.4 Å². The molecule has 0 aliphatic carbocycles. The third kappa shape index (κ3) is 3.58. The van der Waals surface area contributed by atoms with Crippen molar-refractivity contribution in [2.75, 3.05) is 13.1 Å². The van der Waals surface area contributed by atoms with Crippen LogP contribution >= 0.6 is 0 Å². The summed E-state index contributed by atoms with van der Waals surface area (Å²) in [6, 6.07) is -0.220. The van der Waals surface area contributed by atoms with Crippen molar-refractivity contribution in [1.82, 2.24) is 4.90 Å². The van der Waals surface area contributed by atoms with Crippen molar-refractivity contribution in [3.8, 4) is 0 Å². The number of aldehydes is 1. The van der Waals surface area contributed by atoms with Gasteiger partial charge in [0.15, 0.2) is 5.78 Å². The van der Waals surface area contributed by atoms with Gasteiger partial charge in [0.1, 0.15) is 6.29 Å². The summed E-state index contributed by atoms with van der Waals surface area (Å²) in [5.74, 6) is 0.168. The van der Waals surface area contributed by atoms with Crippen LogP contribution in [0.2, 0.25) is 0 Å². The van der Waals surface area contributed by atoms with Gasteiger partial charge in [0.2, 0.25) is 0 Å². The van der Waals surface area contributed by atoms with E-state index >= 15 is 0 Å². The van der Waals surface area contributed by atoms with Gasteiger partial charge in [-0.3, -0.25) is 9.69 Å². The predicted octanol–water partition coefficient (Wildman–Crippen LogP) is 1.51. The van der Waals surface area contributed by atoms with Crippen LogP contribution in [-0.2, 0) is 9.59 Å². The number of hydrogen-bond acceptors (Lipinski definition) is 3. The molecule has 0 aromatic carbocycles. The second-order valence-electron chi connectivity index (χ2n) is 3.70. The highest BCUT2D eigenvalue weighted by molar-refractivity contribution is 5.87. The van der Waals surface area contributed by atoms with Gasteiger partial charge in [0, 0.05) is 12.3 Å². The van der Waals surface area contributed by atoms with Crippen LogP contribution in [0.4, 0.5) is 0 Å². The Morgan fingerprint density at radius 1 is 1.29 bits per heavy atom. The molecule has 0 heterocycles. The first-order valence-electron chi connectivity index (χ1n) is 5.29. The van der Waals surface area contributed by atoms with Gasteiger partial charge in [0.05, 0.1) is 6.04 Å². The molecule has 0 aliphatic heterocycles. The standard InChI is InChI=1S/C11H21NO2/c1-5-12(6-2)10(7-8-13)11(14)9(3)4/h8-10H,5-7H2,1-4H3. The lowest BCUT2D eigenvalue weighted by Crippen LogP contribution is -2.43. The fourth-order valence-electron chi connectivity index (χ4n) is 1.59. The summed E-state index contributed by atoms with van der Waals surface area (Å²) in [5.41, 5.74) is 0. The third-order valence-electron chi connectivity index (χ3n) is 2.47. The van der Waals surface area contributed by atoms with Gasteiger partial charge in [-0.25, -0.2) is 0 Å². The molecule has 0 saturated heterocycles. The fourth-order valence-corrected chi connectivity index (χ4v) is 1.59. The van der Waals surface area contributed by atoms with Crippen molar-refractivity contribution in [2.24, 2.45) is 5.92 Å². The summed E-state index contributed by atoms with van der Waals surface area (Å²) in [4.78, 5) is 24.3. The van der Waals surface area contributed by atoms with Crippen molar-refractivity contribution < 1.29 is 9.59 Å². The molecule has 1 unspecified atom stereocenters. The molecule has 3 nitrogen and oxygen atoms in total. The maximum absolute atomic E-state index is 11.8. The van der Waals surface area contributed by atoms with Gasteiger partial charge in [-0.1, -0.05) is 27.7 Å². The van der Waals surface area contributed by atoms with Crippen molar-refractivity contribution in [2.45, 2.75) is 40.2 Å². The Bertz CT molecular complexity index is 186. The van der Waals surface area contributed by atoms with Crippen LogP contribution < -0.4 is 0 Å². The van der Waals surface area contributed by atoms with Crippen LogP contribution in [0.5, 0.6) is 0 Å². The Morgan fingerprint density at radius 2 is 1.79 bits per heavy atom. The van der Waals surface area contributed by atoms with E-state index in [2.05, 4.69) is 0 Å². The van der Waals surface area contributed by atoms with Gasteiger partial charge in [0.25, 0.3) is 0 Å². The molecule has 0 spiro atoms. The summed E-state index contributed by atoms with van der Waals surface area (Å²) in [5, 5.41) is 0. The number of nitrogens with zero attached hydrogens (tertiary/aromatic N) is 1. The lowest BCUT2D eigenvalue weighted by Gasteiger charge is -2.28. The number of rotatable bonds is 7. The number of Topliss-reactive ketones (excluding diaryl/α,β-unsaturated/α-hetero) is 1. The van der Waals surface area contributed by atoms with Crippen LogP contribution in [0.15, 0.2) is 0 Å². The molecule has 0 saturated carbocycles. The average Bonchev–Trinajstić information content (AvgIpc) is 2.17. The van der Waals surface area contributed by atoms with E-state index in [1.165, 1.54) is 0 Å². The second-order valence-corrected chi connectivity index (χ2v) is 3.70. The SMILES string of the molecule is CCN(CC)C(CC=O)C(=O)C(C)C. The number of carbonyl (C=O) groups is 2. The number of likely N-dealkylation sites (N-methyl/N-ethyl adjacent to an activating group) is 1. The topological polar surface area (TPSA) is 37.4 Å². The molecule has 0 bridgehead atoms. The van der Waals surface area contributed by atoms with Crippen LogP contribution in [0, 0.1) is 5.92 Å². The lowest BCUT2D eigenvalue weighted by atomic mass is 9.98. The van der Waals surface area contributed by atoms with Gasteiger partial charge in [-0.05, 0) is 13.1 Å². The van der Waals surface area contributed by atoms with Gasteiger partial charge in [-0.2, -0.15) is 0 Å². The maximum atomic E-state index is 11.8. The Hall–Kier alpha value is -0.700. The van der Waals surface area contributed by atoms with Gasteiger partial charge in [-0.15, -0.1) is 0 Å². The quantitative estimate of drug-likeness (QED) is 0.583. The predicted molar refractivity (Wildman–Crippen MR) is 57.2 cm³/mol. The molecule has 0 aromatic heterocycles. The monoisotopic (exact) mass is 199 g/mol. The van der Waals surface area contributed by atoms with Crippen LogP contribution in [0.25, 0.3) is 0 Å². The summed E-state index contributed by atoms with van der Waals surface area (Å²) in [6.07, 6.45) is 1.15. The molecular weight excluding hydrogens is 178 g/mol. The highest BCUT2D eigenvalue weighted by Gasteiger charge is 2.25. The first-order valence-corrected chi connectivity index (χ1v) is 5.29. The van der Waals surface area contributed by atoms with E-state index in [9.17, 15) is 9.59 Å². The largest absolute Gasteiger partial charge is 0.303 e. The zero-order valence-electron chi connectivity index (χ0n) is 9.62. The third-order valence-corrected chi connectivity index (χ3v) is 2.47. The molecule has 0 rings (SSSR count). The molecule has 0 amide bonds. The molecule has 0 fully saturated rings. The van der Waals surface area contributed by atoms with Gasteiger partial charge >= 0.3 is 0 Å². The number of hydrogen-bond donors (Lipinski definition) is 0. The van der Waals surface area contributed by atoms with E-state index in [0.29, 0.717) is 6.42 Å². The highest BCUT2D eigenvalue weighted by Crippen LogP contribution is 2.10. The Kier molecular flexibility index (Phi) is 6.37. The summed E-state index contributed by atoms with van der Waals surface area (Å²) in [6.45, 7) is 9.40. The normalized spacial score (nSPS) is 13.3. The van der Waals surface area contributed by atoms with Crippen molar-refractivity contribution >= 4 is 12.1 Å².